The Balaban J connectivity index is 1.30. The lowest BCUT2D eigenvalue weighted by Crippen LogP contribution is -2.50. The van der Waals surface area contributed by atoms with Gasteiger partial charge >= 0.3 is 11.9 Å². The number of esters is 1. The molecule has 1 amide bonds. The fourth-order valence-corrected chi connectivity index (χ4v) is 4.65. The van der Waals surface area contributed by atoms with Gasteiger partial charge < -0.3 is 14.1 Å². The summed E-state index contributed by atoms with van der Waals surface area (Å²) in [6, 6.07) is 2.98. The minimum Gasteiger partial charge on any atom is -0.450 e. The van der Waals surface area contributed by atoms with E-state index in [-0.39, 0.29) is 36.3 Å². The molecule has 30 heteroatoms. The van der Waals surface area contributed by atoms with Crippen molar-refractivity contribution >= 4 is 11.9 Å². The molecule has 0 atom stereocenters. The van der Waals surface area contributed by atoms with Crippen molar-refractivity contribution in [1.82, 2.24) is 4.90 Å². The van der Waals surface area contributed by atoms with Crippen LogP contribution in [0, 0.1) is 0 Å². The van der Waals surface area contributed by atoms with E-state index in [0.29, 0.717) is 0 Å². The first kappa shape index (κ1) is 37.7. The lowest BCUT2D eigenvalue weighted by molar-refractivity contribution is -0.141. The SMILES string of the molecule is CN=NN=NN=NN=NN=NN=NN=NN=NN=NN=NN=NN=NOc1ccc(C(=O)OCC(=O)N(C2CCCCC2)C2CCCCC2)o1. The second-order valence-corrected chi connectivity index (χ2v) is 9.42. The van der Waals surface area contributed by atoms with Crippen LogP contribution in [-0.4, -0.2) is 42.5 Å². The minimum absolute atomic E-state index is 0.183. The van der Waals surface area contributed by atoms with Crippen LogP contribution < -0.4 is 4.84 Å². The highest BCUT2D eigenvalue weighted by Crippen LogP contribution is 2.30. The van der Waals surface area contributed by atoms with E-state index in [1.54, 1.807) is 0 Å². The molecule has 0 N–H and O–H groups in total. The molecule has 0 aromatic carbocycles. The number of nitrogens with zero attached hydrogens (tertiary/aromatic N) is 25. The number of carbonyl (C=O) groups excluding carboxylic acids is 2. The Hall–Kier alpha value is -6.78. The third-order valence-electron chi connectivity index (χ3n) is 6.43. The first-order valence-electron chi connectivity index (χ1n) is 14.6. The molecule has 0 saturated heterocycles. The Labute approximate surface area is 279 Å². The van der Waals surface area contributed by atoms with Crippen LogP contribution in [0.15, 0.2) is 142 Å². The van der Waals surface area contributed by atoms with Crippen LogP contribution in [0.3, 0.4) is 0 Å². The van der Waals surface area contributed by atoms with Gasteiger partial charge in [-0.05, 0) is 73.5 Å². The normalized spacial score (nSPS) is 17.6. The molecule has 30 nitrogen and oxygen atoms in total. The number of carbonyl (C=O) groups is 2. The molecule has 264 valence electrons. The van der Waals surface area contributed by atoms with Crippen molar-refractivity contribution in [2.24, 2.45) is 125 Å². The molecule has 2 aliphatic carbocycles. The summed E-state index contributed by atoms with van der Waals surface area (Å²) >= 11 is 0. The van der Waals surface area contributed by atoms with Crippen LogP contribution in [-0.2, 0) is 9.53 Å². The third kappa shape index (κ3) is 15.7. The molecule has 0 bridgehead atoms. The van der Waals surface area contributed by atoms with Crippen molar-refractivity contribution in [2.75, 3.05) is 13.7 Å². The number of hydrogen-bond acceptors (Lipinski definition) is 7. The largest absolute Gasteiger partial charge is 0.450 e. The molecule has 0 aliphatic heterocycles. The zero-order valence-electron chi connectivity index (χ0n) is 26.3. The maximum Gasteiger partial charge on any atom is 0.374 e. The number of furan rings is 1. The molecular weight excluding hydrogens is 670 g/mol. The van der Waals surface area contributed by atoms with Gasteiger partial charge in [-0.2, -0.15) is 5.11 Å². The van der Waals surface area contributed by atoms with E-state index in [0.717, 1.165) is 51.4 Å². The van der Waals surface area contributed by atoms with Crippen LogP contribution in [0.5, 0.6) is 5.95 Å². The summed E-state index contributed by atoms with van der Waals surface area (Å²) in [6.45, 7) is -0.372. The van der Waals surface area contributed by atoms with Gasteiger partial charge in [0.1, 0.15) is 0 Å². The zero-order chi connectivity index (χ0) is 35.3. The van der Waals surface area contributed by atoms with Gasteiger partial charge in [0, 0.05) is 91.3 Å². The van der Waals surface area contributed by atoms with E-state index >= 15 is 0 Å². The predicted octanol–water partition coefficient (Wildman–Crippen LogP) is 8.35. The van der Waals surface area contributed by atoms with Gasteiger partial charge in [0.15, 0.2) is 6.61 Å². The number of hydrogen-bond donors (Lipinski definition) is 0. The Morgan fingerprint density at radius 2 is 1.00 bits per heavy atom. The average Bonchev–Trinajstić information content (AvgIpc) is 3.62. The van der Waals surface area contributed by atoms with E-state index in [1.807, 2.05) is 4.90 Å². The fraction of sp³-hybridized carbons (Fsp3) is 0.700. The zero-order valence-corrected chi connectivity index (χ0v) is 26.3. The second-order valence-electron chi connectivity index (χ2n) is 9.42. The predicted molar refractivity (Wildman–Crippen MR) is 154 cm³/mol. The highest BCUT2D eigenvalue weighted by molar-refractivity contribution is 5.89. The highest BCUT2D eigenvalue weighted by Gasteiger charge is 2.33. The van der Waals surface area contributed by atoms with Crippen molar-refractivity contribution in [3.05, 3.63) is 17.9 Å². The smallest absolute Gasteiger partial charge is 0.374 e. The summed E-state index contributed by atoms with van der Waals surface area (Å²) in [4.78, 5) is 32.5. The summed E-state index contributed by atoms with van der Waals surface area (Å²) in [7, 11) is 1.39. The Morgan fingerprint density at radius 1 is 0.600 bits per heavy atom. The van der Waals surface area contributed by atoms with Crippen molar-refractivity contribution in [2.45, 2.75) is 76.3 Å². The minimum atomic E-state index is -0.818. The summed E-state index contributed by atoms with van der Waals surface area (Å²) in [5, 5.41) is 74.1. The summed E-state index contributed by atoms with van der Waals surface area (Å²) in [5.74, 6) is -1.38. The molecule has 50 heavy (non-hydrogen) atoms. The quantitative estimate of drug-likeness (QED) is 0.0824. The molecule has 2 saturated carbocycles. The van der Waals surface area contributed by atoms with Gasteiger partial charge in [-0.15, -0.1) is 0 Å². The van der Waals surface area contributed by atoms with Crippen molar-refractivity contribution in [3.63, 3.8) is 0 Å². The van der Waals surface area contributed by atoms with Gasteiger partial charge in [0.05, 0.1) is 12.3 Å². The third-order valence-corrected chi connectivity index (χ3v) is 6.43. The molecular formula is C20H29N25O5. The molecule has 0 radical (unpaired) electrons. The van der Waals surface area contributed by atoms with Crippen LogP contribution in [0.4, 0.5) is 0 Å². The van der Waals surface area contributed by atoms with Crippen LogP contribution in [0.25, 0.3) is 0 Å². The van der Waals surface area contributed by atoms with Crippen LogP contribution in [0.2, 0.25) is 0 Å². The molecule has 2 fully saturated rings. The topological polar surface area (TPSA) is 366 Å². The Bertz CT molecular complexity index is 1510. The molecule has 3 rings (SSSR count). The lowest BCUT2D eigenvalue weighted by Gasteiger charge is -2.41. The maximum atomic E-state index is 13.2. The van der Waals surface area contributed by atoms with Crippen molar-refractivity contribution in [3.8, 4) is 5.95 Å². The molecule has 1 aromatic rings. The molecule has 1 heterocycles. The second kappa shape index (κ2) is 24.4. The number of ether oxygens (including phenoxy) is 1. The van der Waals surface area contributed by atoms with Gasteiger partial charge in [-0.3, -0.25) is 9.63 Å². The maximum absolute atomic E-state index is 13.2. The van der Waals surface area contributed by atoms with Crippen LogP contribution in [0.1, 0.15) is 74.8 Å². The number of amides is 1. The van der Waals surface area contributed by atoms with Crippen molar-refractivity contribution in [1.29, 1.82) is 0 Å². The summed E-state index contributed by atoms with van der Waals surface area (Å²) in [5.41, 5.74) is 0. The van der Waals surface area contributed by atoms with E-state index in [1.165, 1.54) is 32.0 Å². The first-order chi connectivity index (χ1) is 24.7. The van der Waals surface area contributed by atoms with E-state index in [9.17, 15) is 9.59 Å². The van der Waals surface area contributed by atoms with E-state index in [4.69, 9.17) is 14.0 Å². The summed E-state index contributed by atoms with van der Waals surface area (Å²) in [6.07, 6.45) is 10.7. The Morgan fingerprint density at radius 3 is 1.42 bits per heavy atom. The standard InChI is InChI=1S/C20H29N25O5/c1-21-22-23-24-25-26-27-28-29-30-31-32-33-34-35-36-37-38-39-40-41-42-43-44-50-19-13-12-17(49-19)20(47)48-14-18(46)45(15-8-4-2-5-9-15)16-10-6-3-7-11-16/h12-13,15-16H,2-11,14H2,1H3. The van der Waals surface area contributed by atoms with Gasteiger partial charge in [-0.25, -0.2) is 4.79 Å². The number of rotatable bonds is 18. The van der Waals surface area contributed by atoms with Crippen molar-refractivity contribution < 1.29 is 23.6 Å². The summed E-state index contributed by atoms with van der Waals surface area (Å²) < 4.78 is 10.5. The molecule has 0 unspecified atom stereocenters. The molecule has 0 spiro atoms. The van der Waals surface area contributed by atoms with E-state index < -0.39 is 5.97 Å². The van der Waals surface area contributed by atoms with Gasteiger partial charge in [0.2, 0.25) is 5.76 Å². The Kier molecular flexibility index (Phi) is 18.4. The first-order valence-corrected chi connectivity index (χ1v) is 14.6. The van der Waals surface area contributed by atoms with Gasteiger partial charge in [0.25, 0.3) is 5.91 Å². The fourth-order valence-electron chi connectivity index (χ4n) is 4.65. The highest BCUT2D eigenvalue weighted by atomic mass is 16.7. The van der Waals surface area contributed by atoms with E-state index in [2.05, 4.69) is 125 Å². The average molecular weight is 700 g/mol. The molecule has 2 aliphatic rings. The van der Waals surface area contributed by atoms with Gasteiger partial charge in [-0.1, -0.05) is 38.5 Å². The van der Waals surface area contributed by atoms with Crippen LogP contribution >= 0.6 is 0 Å². The molecule has 1 aromatic heterocycles. The monoisotopic (exact) mass is 699 g/mol. The lowest BCUT2D eigenvalue weighted by atomic mass is 9.88.